The van der Waals surface area contributed by atoms with Gasteiger partial charge >= 0.3 is 0 Å². The third kappa shape index (κ3) is 1.99. The van der Waals surface area contributed by atoms with Gasteiger partial charge in [0, 0.05) is 12.2 Å². The first kappa shape index (κ1) is 9.71. The largest absolute Gasteiger partial charge is 0.354 e. The number of hydrogen-bond donors (Lipinski definition) is 0. The molecule has 1 aliphatic rings. The van der Waals surface area contributed by atoms with Gasteiger partial charge in [0.2, 0.25) is 0 Å². The molecule has 0 radical (unpaired) electrons. The molecule has 1 unspecified atom stereocenters. The molecular weight excluding hydrogens is 186 g/mol. The average Bonchev–Trinajstić information content (AvgIpc) is 2.62. The Balaban J connectivity index is 2.12. The second-order valence-electron chi connectivity index (χ2n) is 3.59. The van der Waals surface area contributed by atoms with Crippen molar-refractivity contribution in [1.29, 1.82) is 0 Å². The SMILES string of the molecule is C=C1C=CC(C=O)N1Cc1ccccc1. The average molecular weight is 199 g/mol. The normalized spacial score (nSPS) is 19.6. The van der Waals surface area contributed by atoms with Crippen LogP contribution in [0.15, 0.2) is 54.8 Å². The van der Waals surface area contributed by atoms with E-state index in [0.717, 1.165) is 18.5 Å². The molecule has 2 heteroatoms. The molecule has 2 rings (SSSR count). The number of allylic oxidation sites excluding steroid dienone is 1. The third-order valence-electron chi connectivity index (χ3n) is 2.55. The molecule has 0 amide bonds. The first-order chi connectivity index (χ1) is 7.31. The van der Waals surface area contributed by atoms with Crippen molar-refractivity contribution in [3.8, 4) is 0 Å². The van der Waals surface area contributed by atoms with E-state index >= 15 is 0 Å². The summed E-state index contributed by atoms with van der Waals surface area (Å²) >= 11 is 0. The van der Waals surface area contributed by atoms with Crippen molar-refractivity contribution in [1.82, 2.24) is 4.90 Å². The number of nitrogens with zero attached hydrogens (tertiary/aromatic N) is 1. The number of rotatable bonds is 3. The van der Waals surface area contributed by atoms with Crippen molar-refractivity contribution in [2.75, 3.05) is 0 Å². The van der Waals surface area contributed by atoms with Gasteiger partial charge < -0.3 is 9.69 Å². The lowest BCUT2D eigenvalue weighted by Gasteiger charge is -2.23. The monoisotopic (exact) mass is 199 g/mol. The Morgan fingerprint density at radius 2 is 2.07 bits per heavy atom. The van der Waals surface area contributed by atoms with E-state index in [-0.39, 0.29) is 6.04 Å². The number of benzene rings is 1. The molecule has 1 aliphatic heterocycles. The molecule has 76 valence electrons. The highest BCUT2D eigenvalue weighted by Gasteiger charge is 2.20. The maximum Gasteiger partial charge on any atom is 0.146 e. The van der Waals surface area contributed by atoms with Crippen molar-refractivity contribution >= 4 is 6.29 Å². The molecule has 0 saturated carbocycles. The molecule has 1 aromatic rings. The van der Waals surface area contributed by atoms with Gasteiger partial charge in [-0.3, -0.25) is 0 Å². The molecule has 0 N–H and O–H groups in total. The van der Waals surface area contributed by atoms with Crippen LogP contribution in [-0.4, -0.2) is 17.2 Å². The van der Waals surface area contributed by atoms with Crippen molar-refractivity contribution in [2.24, 2.45) is 0 Å². The van der Waals surface area contributed by atoms with E-state index < -0.39 is 0 Å². The molecule has 2 nitrogen and oxygen atoms in total. The van der Waals surface area contributed by atoms with E-state index in [1.54, 1.807) is 0 Å². The van der Waals surface area contributed by atoms with E-state index in [0.29, 0.717) is 0 Å². The number of aldehydes is 1. The van der Waals surface area contributed by atoms with Gasteiger partial charge in [-0.15, -0.1) is 0 Å². The van der Waals surface area contributed by atoms with Crippen molar-refractivity contribution in [3.63, 3.8) is 0 Å². The standard InChI is InChI=1S/C13H13NO/c1-11-7-8-13(10-15)14(11)9-12-5-3-2-4-6-12/h2-8,10,13H,1,9H2. The molecule has 1 aromatic carbocycles. The molecule has 1 atom stereocenters. The highest BCUT2D eigenvalue weighted by Crippen LogP contribution is 2.20. The Kier molecular flexibility index (Phi) is 2.68. The lowest BCUT2D eigenvalue weighted by molar-refractivity contribution is -0.110. The van der Waals surface area contributed by atoms with Crippen LogP contribution in [-0.2, 0) is 11.3 Å². The smallest absolute Gasteiger partial charge is 0.146 e. The molecule has 15 heavy (non-hydrogen) atoms. The van der Waals surface area contributed by atoms with E-state index in [2.05, 4.69) is 6.58 Å². The second kappa shape index (κ2) is 4.13. The van der Waals surface area contributed by atoms with Crippen molar-refractivity contribution in [2.45, 2.75) is 12.6 Å². The Morgan fingerprint density at radius 3 is 2.73 bits per heavy atom. The zero-order valence-electron chi connectivity index (χ0n) is 8.47. The summed E-state index contributed by atoms with van der Waals surface area (Å²) in [6.07, 6.45) is 4.71. The Morgan fingerprint density at radius 1 is 1.33 bits per heavy atom. The van der Waals surface area contributed by atoms with E-state index in [1.807, 2.05) is 47.4 Å². The third-order valence-corrected chi connectivity index (χ3v) is 2.55. The summed E-state index contributed by atoms with van der Waals surface area (Å²) in [5.41, 5.74) is 2.09. The Bertz CT molecular complexity index is 394. The molecule has 0 saturated heterocycles. The van der Waals surface area contributed by atoms with Gasteiger partial charge in [-0.2, -0.15) is 0 Å². The topological polar surface area (TPSA) is 20.3 Å². The van der Waals surface area contributed by atoms with Gasteiger partial charge in [0.15, 0.2) is 0 Å². The van der Waals surface area contributed by atoms with Crippen LogP contribution >= 0.6 is 0 Å². The molecule has 0 aromatic heterocycles. The summed E-state index contributed by atoms with van der Waals surface area (Å²) in [4.78, 5) is 12.8. The highest BCUT2D eigenvalue weighted by molar-refractivity contribution is 5.64. The van der Waals surface area contributed by atoms with Crippen LogP contribution in [0.5, 0.6) is 0 Å². The summed E-state index contributed by atoms with van der Waals surface area (Å²) in [6, 6.07) is 9.92. The Hall–Kier alpha value is -1.83. The fourth-order valence-electron chi connectivity index (χ4n) is 1.71. The summed E-state index contributed by atoms with van der Waals surface area (Å²) in [5, 5.41) is 0. The van der Waals surface area contributed by atoms with E-state index in [4.69, 9.17) is 0 Å². The van der Waals surface area contributed by atoms with Crippen LogP contribution < -0.4 is 0 Å². The van der Waals surface area contributed by atoms with Crippen LogP contribution in [0, 0.1) is 0 Å². The minimum Gasteiger partial charge on any atom is -0.354 e. The zero-order valence-corrected chi connectivity index (χ0v) is 8.47. The summed E-state index contributed by atoms with van der Waals surface area (Å²) in [7, 11) is 0. The minimum atomic E-state index is -0.155. The predicted octanol–water partition coefficient (Wildman–Crippen LogP) is 2.14. The van der Waals surface area contributed by atoms with Crippen LogP contribution in [0.4, 0.5) is 0 Å². The van der Waals surface area contributed by atoms with Gasteiger partial charge in [0.05, 0.1) is 0 Å². The molecule has 0 spiro atoms. The van der Waals surface area contributed by atoms with Gasteiger partial charge in [-0.1, -0.05) is 43.0 Å². The molecule has 0 fully saturated rings. The lowest BCUT2D eigenvalue weighted by atomic mass is 10.2. The fraction of sp³-hybridized carbons (Fsp3) is 0.154. The molecule has 0 aliphatic carbocycles. The maximum atomic E-state index is 10.8. The Labute approximate surface area is 89.5 Å². The van der Waals surface area contributed by atoms with Gasteiger partial charge in [0.25, 0.3) is 0 Å². The summed E-state index contributed by atoms with van der Waals surface area (Å²) in [6.45, 7) is 4.64. The second-order valence-corrected chi connectivity index (χ2v) is 3.59. The first-order valence-electron chi connectivity index (χ1n) is 4.94. The molecule has 0 bridgehead atoms. The van der Waals surface area contributed by atoms with Crippen LogP contribution in [0.3, 0.4) is 0 Å². The minimum absolute atomic E-state index is 0.155. The first-order valence-corrected chi connectivity index (χ1v) is 4.94. The van der Waals surface area contributed by atoms with E-state index in [1.165, 1.54) is 5.56 Å². The zero-order chi connectivity index (χ0) is 10.7. The lowest BCUT2D eigenvalue weighted by Crippen LogP contribution is -2.28. The number of carbonyl (C=O) groups excluding carboxylic acids is 1. The van der Waals surface area contributed by atoms with Crippen LogP contribution in [0.2, 0.25) is 0 Å². The van der Waals surface area contributed by atoms with Gasteiger partial charge in [0.1, 0.15) is 12.3 Å². The quantitative estimate of drug-likeness (QED) is 0.695. The van der Waals surface area contributed by atoms with Crippen molar-refractivity contribution in [3.05, 3.63) is 60.3 Å². The molecular formula is C13H13NO. The predicted molar refractivity (Wildman–Crippen MR) is 60.1 cm³/mol. The number of hydrogen-bond acceptors (Lipinski definition) is 2. The number of carbonyl (C=O) groups is 1. The summed E-state index contributed by atoms with van der Waals surface area (Å²) < 4.78 is 0. The van der Waals surface area contributed by atoms with Crippen LogP contribution in [0.1, 0.15) is 5.56 Å². The van der Waals surface area contributed by atoms with Crippen molar-refractivity contribution < 1.29 is 4.79 Å². The van der Waals surface area contributed by atoms with Gasteiger partial charge in [-0.05, 0) is 11.6 Å². The summed E-state index contributed by atoms with van der Waals surface area (Å²) in [5.74, 6) is 0. The maximum absolute atomic E-state index is 10.8. The fourth-order valence-corrected chi connectivity index (χ4v) is 1.71. The van der Waals surface area contributed by atoms with E-state index in [9.17, 15) is 4.79 Å². The van der Waals surface area contributed by atoms with Crippen LogP contribution in [0.25, 0.3) is 0 Å². The molecule has 1 heterocycles. The van der Waals surface area contributed by atoms with Gasteiger partial charge in [-0.25, -0.2) is 0 Å². The highest BCUT2D eigenvalue weighted by atomic mass is 16.1.